The number of aromatic nitrogens is 2. The van der Waals surface area contributed by atoms with Crippen LogP contribution < -0.4 is 19.7 Å². The second-order valence-corrected chi connectivity index (χ2v) is 12.5. The van der Waals surface area contributed by atoms with E-state index in [1.165, 1.54) is 32.1 Å². The Hall–Kier alpha value is -3.60. The van der Waals surface area contributed by atoms with Crippen LogP contribution in [-0.4, -0.2) is 97.1 Å². The number of piperazine rings is 1. The molecule has 43 heavy (non-hydrogen) atoms. The van der Waals surface area contributed by atoms with E-state index in [2.05, 4.69) is 49.2 Å². The number of nitrogens with one attached hydrogen (secondary N) is 1. The number of benzene rings is 2. The first-order chi connectivity index (χ1) is 20.9. The van der Waals surface area contributed by atoms with Crippen molar-refractivity contribution in [1.29, 1.82) is 0 Å². The summed E-state index contributed by atoms with van der Waals surface area (Å²) in [6.45, 7) is 6.69. The largest absolute Gasteiger partial charge is 0.494 e. The van der Waals surface area contributed by atoms with E-state index in [4.69, 9.17) is 21.1 Å². The maximum atomic E-state index is 13.1. The quantitative estimate of drug-likeness (QED) is 0.402. The van der Waals surface area contributed by atoms with E-state index in [1.807, 2.05) is 30.1 Å². The van der Waals surface area contributed by atoms with Gasteiger partial charge in [0.05, 0.1) is 30.1 Å². The molecule has 3 aromatic rings. The van der Waals surface area contributed by atoms with Gasteiger partial charge in [-0.05, 0) is 56.5 Å². The van der Waals surface area contributed by atoms with Crippen LogP contribution in [0.25, 0.3) is 0 Å². The molecule has 0 unspecified atom stereocenters. The molecule has 3 aliphatic heterocycles. The lowest BCUT2D eigenvalue weighted by Gasteiger charge is -2.42. The monoisotopic (exact) mass is 603 g/mol. The van der Waals surface area contributed by atoms with Crippen LogP contribution in [0.15, 0.2) is 42.6 Å². The number of amides is 1. The average Bonchev–Trinajstić information content (AvgIpc) is 3.81. The van der Waals surface area contributed by atoms with Crippen molar-refractivity contribution < 1.29 is 14.3 Å². The Kier molecular flexibility index (Phi) is 7.31. The van der Waals surface area contributed by atoms with Gasteiger partial charge >= 0.3 is 0 Å². The van der Waals surface area contributed by atoms with Crippen LogP contribution >= 0.6 is 11.6 Å². The summed E-state index contributed by atoms with van der Waals surface area (Å²) in [5.74, 6) is 1.60. The summed E-state index contributed by atoms with van der Waals surface area (Å²) < 4.78 is 11.9. The van der Waals surface area contributed by atoms with Crippen LogP contribution in [0.1, 0.15) is 41.6 Å². The number of nitrogens with zero attached hydrogens (tertiary/aromatic N) is 6. The van der Waals surface area contributed by atoms with Crippen molar-refractivity contribution in [2.75, 3.05) is 70.7 Å². The number of fused-ring (bicyclic) bond motifs is 2. The fourth-order valence-electron chi connectivity index (χ4n) is 6.85. The van der Waals surface area contributed by atoms with Crippen molar-refractivity contribution >= 4 is 34.8 Å². The number of methoxy groups -OCH3 is 1. The first-order valence-corrected chi connectivity index (χ1v) is 15.5. The van der Waals surface area contributed by atoms with Gasteiger partial charge in [-0.25, -0.2) is 4.98 Å². The molecule has 0 atom stereocenters. The molecule has 1 saturated carbocycles. The van der Waals surface area contributed by atoms with Gasteiger partial charge in [0.1, 0.15) is 16.5 Å². The number of piperidine rings is 1. The van der Waals surface area contributed by atoms with Gasteiger partial charge in [0.25, 0.3) is 5.91 Å². The zero-order valence-corrected chi connectivity index (χ0v) is 25.7. The third-order valence-electron chi connectivity index (χ3n) is 9.65. The molecule has 3 fully saturated rings. The number of hydrogen-bond donors (Lipinski definition) is 1. The summed E-state index contributed by atoms with van der Waals surface area (Å²) in [4.78, 5) is 31.4. The van der Waals surface area contributed by atoms with Crippen molar-refractivity contribution in [3.05, 3.63) is 58.7 Å². The van der Waals surface area contributed by atoms with Crippen molar-refractivity contribution in [2.24, 2.45) is 0 Å². The van der Waals surface area contributed by atoms with Gasteiger partial charge in [-0.3, -0.25) is 9.69 Å². The Balaban J connectivity index is 1.05. The van der Waals surface area contributed by atoms with Crippen LogP contribution in [0.5, 0.6) is 17.4 Å². The minimum Gasteiger partial charge on any atom is -0.494 e. The van der Waals surface area contributed by atoms with E-state index in [9.17, 15) is 4.79 Å². The molecule has 4 heterocycles. The third kappa shape index (κ3) is 5.15. The Morgan fingerprint density at radius 2 is 1.77 bits per heavy atom. The molecule has 4 aliphatic rings. The van der Waals surface area contributed by atoms with E-state index in [0.717, 1.165) is 56.0 Å². The van der Waals surface area contributed by atoms with Gasteiger partial charge in [-0.1, -0.05) is 23.7 Å². The summed E-state index contributed by atoms with van der Waals surface area (Å²) in [7, 11) is 5.73. The highest BCUT2D eigenvalue weighted by molar-refractivity contribution is 6.31. The van der Waals surface area contributed by atoms with Gasteiger partial charge in [0.2, 0.25) is 11.8 Å². The molecule has 0 bridgehead atoms. The van der Waals surface area contributed by atoms with Crippen LogP contribution in [0.4, 0.5) is 17.3 Å². The molecular weight excluding hydrogens is 566 g/mol. The molecule has 2 aromatic carbocycles. The molecule has 10 nitrogen and oxygen atoms in total. The maximum Gasteiger partial charge on any atom is 0.258 e. The Labute approximate surface area is 257 Å². The standard InChI is InChI=1S/C32H38ClN7O3/c1-37-15-17-40(18-16-37)21-9-13-39(14-10-21)22-7-8-25(27(19-22)42-3)35-31-34-20-24(33)29(36-31)43-26-6-4-5-23-28(26)30(41)38(2)32(23)11-12-32/h4-8,19-21H,9-18H2,1-3H3,(H,34,35,36). The van der Waals surface area contributed by atoms with Crippen molar-refractivity contribution in [3.8, 4) is 17.4 Å². The average molecular weight is 604 g/mol. The van der Waals surface area contributed by atoms with Gasteiger partial charge in [0, 0.05) is 64.1 Å². The number of carbonyl (C=O) groups excluding carboxylic acids is 1. The van der Waals surface area contributed by atoms with Gasteiger partial charge in [0.15, 0.2) is 0 Å². The molecule has 2 saturated heterocycles. The molecule has 0 radical (unpaired) electrons. The Bertz CT molecular complexity index is 1530. The normalized spacial score (nSPS) is 20.4. The number of likely N-dealkylation sites (N-methyl/N-ethyl adjacent to an activating group) is 1. The lowest BCUT2D eigenvalue weighted by atomic mass is 10.0. The minimum atomic E-state index is -0.197. The lowest BCUT2D eigenvalue weighted by molar-refractivity contribution is 0.0753. The van der Waals surface area contributed by atoms with Crippen LogP contribution in [0.2, 0.25) is 5.02 Å². The number of ether oxygens (including phenoxy) is 2. The fourth-order valence-corrected chi connectivity index (χ4v) is 6.98. The maximum absolute atomic E-state index is 13.1. The third-order valence-corrected chi connectivity index (χ3v) is 9.91. The van der Waals surface area contributed by atoms with E-state index >= 15 is 0 Å². The van der Waals surface area contributed by atoms with E-state index in [-0.39, 0.29) is 22.3 Å². The van der Waals surface area contributed by atoms with Crippen molar-refractivity contribution in [1.82, 2.24) is 24.7 Å². The highest BCUT2D eigenvalue weighted by Crippen LogP contribution is 2.57. The molecule has 1 aromatic heterocycles. The molecular formula is C32H38ClN7O3. The Morgan fingerprint density at radius 3 is 2.49 bits per heavy atom. The highest BCUT2D eigenvalue weighted by atomic mass is 35.5. The first kappa shape index (κ1) is 28.2. The predicted molar refractivity (Wildman–Crippen MR) is 167 cm³/mol. The number of anilines is 3. The molecule has 7 rings (SSSR count). The topological polar surface area (TPSA) is 86.3 Å². The lowest BCUT2D eigenvalue weighted by Crippen LogP contribution is -2.52. The zero-order chi connectivity index (χ0) is 29.7. The van der Waals surface area contributed by atoms with Crippen molar-refractivity contribution in [2.45, 2.75) is 37.3 Å². The summed E-state index contributed by atoms with van der Waals surface area (Å²) in [6, 6.07) is 12.5. The van der Waals surface area contributed by atoms with Gasteiger partial charge < -0.3 is 29.5 Å². The minimum absolute atomic E-state index is 0.0417. The van der Waals surface area contributed by atoms with Gasteiger partial charge in [-0.2, -0.15) is 4.98 Å². The van der Waals surface area contributed by atoms with Crippen LogP contribution in [0.3, 0.4) is 0 Å². The number of halogens is 1. The summed E-state index contributed by atoms with van der Waals surface area (Å²) in [5, 5.41) is 3.52. The van der Waals surface area contributed by atoms with Gasteiger partial charge in [-0.15, -0.1) is 0 Å². The van der Waals surface area contributed by atoms with Crippen molar-refractivity contribution in [3.63, 3.8) is 0 Å². The number of rotatable bonds is 7. The second-order valence-electron chi connectivity index (χ2n) is 12.1. The molecule has 226 valence electrons. The molecule has 1 aliphatic carbocycles. The molecule has 1 N–H and O–H groups in total. The first-order valence-electron chi connectivity index (χ1n) is 15.1. The van der Waals surface area contributed by atoms with Crippen LogP contribution in [-0.2, 0) is 5.54 Å². The Morgan fingerprint density at radius 1 is 1.00 bits per heavy atom. The summed E-state index contributed by atoms with van der Waals surface area (Å²) in [5.41, 5.74) is 3.27. The highest BCUT2D eigenvalue weighted by Gasteiger charge is 2.57. The second kappa shape index (κ2) is 11.2. The molecule has 11 heteroatoms. The zero-order valence-electron chi connectivity index (χ0n) is 25.0. The smallest absolute Gasteiger partial charge is 0.258 e. The molecule has 1 amide bonds. The van der Waals surface area contributed by atoms with E-state index in [1.54, 1.807) is 13.2 Å². The van der Waals surface area contributed by atoms with E-state index in [0.29, 0.717) is 29.1 Å². The SMILES string of the molecule is COc1cc(N2CCC(N3CCN(C)CC3)CC2)ccc1Nc1ncc(Cl)c(Oc2cccc3c2C(=O)N(C)C32CC2)n1. The van der Waals surface area contributed by atoms with Crippen LogP contribution in [0, 0.1) is 0 Å². The fraction of sp³-hybridized carbons (Fsp3) is 0.469. The predicted octanol–water partition coefficient (Wildman–Crippen LogP) is 4.97. The molecule has 1 spiro atoms. The number of hydrogen-bond acceptors (Lipinski definition) is 9. The summed E-state index contributed by atoms with van der Waals surface area (Å²) >= 11 is 6.46. The van der Waals surface area contributed by atoms with E-state index < -0.39 is 0 Å². The number of carbonyl (C=O) groups is 1. The summed E-state index contributed by atoms with van der Waals surface area (Å²) in [6.07, 6.45) is 5.76.